The minimum absolute atomic E-state index is 0.391. The second kappa shape index (κ2) is 5.12. The van der Waals surface area contributed by atoms with Gasteiger partial charge in [-0.25, -0.2) is 0 Å². The fourth-order valence-electron chi connectivity index (χ4n) is 0.629. The molecule has 11 heavy (non-hydrogen) atoms. The molecule has 0 aromatic heterocycles. The number of esters is 1. The lowest BCUT2D eigenvalue weighted by molar-refractivity contribution is -0.143. The molecule has 0 aliphatic heterocycles. The van der Waals surface area contributed by atoms with Crippen LogP contribution in [0.1, 0.15) is 0 Å². The van der Waals surface area contributed by atoms with E-state index in [2.05, 4.69) is 9.96 Å². The average molecular weight is 161 g/mol. The van der Waals surface area contributed by atoms with Crippen LogP contribution in [0.4, 0.5) is 0 Å². The number of nitrogens with one attached hydrogen (secondary N) is 1. The van der Waals surface area contributed by atoms with Crippen molar-refractivity contribution in [2.24, 2.45) is 0 Å². The topological polar surface area (TPSA) is 78.8 Å². The van der Waals surface area contributed by atoms with Crippen molar-refractivity contribution in [1.82, 2.24) is 5.23 Å². The third kappa shape index (κ3) is 3.97. The molecule has 6 heteroatoms. The number of hydrogen-bond donors (Lipinski definition) is 3. The maximum Gasteiger partial charge on any atom is 0.374 e. The van der Waals surface area contributed by atoms with E-state index >= 15 is 0 Å². The smallest absolute Gasteiger partial charge is 0.374 e. The second-order valence-corrected chi connectivity index (χ2v) is 2.10. The molecule has 1 unspecified atom stereocenters. The van der Waals surface area contributed by atoms with Crippen LogP contribution in [0.2, 0.25) is 6.82 Å². The Morgan fingerprint density at radius 3 is 2.64 bits per heavy atom. The summed E-state index contributed by atoms with van der Waals surface area (Å²) in [4.78, 5) is 10.7. The van der Waals surface area contributed by atoms with E-state index in [4.69, 9.17) is 10.1 Å². The number of aliphatic hydroxyl groups excluding tert-OH is 1. The van der Waals surface area contributed by atoms with Gasteiger partial charge in [0.1, 0.15) is 6.04 Å². The van der Waals surface area contributed by atoms with Crippen LogP contribution in [0.5, 0.6) is 0 Å². The minimum Gasteiger partial charge on any atom is -0.468 e. The van der Waals surface area contributed by atoms with Gasteiger partial charge in [-0.1, -0.05) is 0 Å². The van der Waals surface area contributed by atoms with Crippen LogP contribution in [0.15, 0.2) is 0 Å². The number of methoxy groups -OCH3 is 1. The third-order valence-corrected chi connectivity index (χ3v) is 1.11. The number of aliphatic hydroxyl groups is 1. The fraction of sp³-hybridized carbons (Fsp3) is 0.800. The summed E-state index contributed by atoms with van der Waals surface area (Å²) in [5, 5.41) is 19.8. The molecule has 0 aromatic carbocycles. The number of hydrogen-bond acceptors (Lipinski definition) is 5. The molecule has 3 N–H and O–H groups in total. The fourth-order valence-corrected chi connectivity index (χ4v) is 0.629. The highest BCUT2D eigenvalue weighted by atomic mass is 16.5. The zero-order valence-electron chi connectivity index (χ0n) is 6.57. The number of ether oxygens (including phenoxy) is 1. The van der Waals surface area contributed by atoms with Gasteiger partial charge >= 0.3 is 13.0 Å². The zero-order chi connectivity index (χ0) is 8.85. The molecule has 1 atom stereocenters. The van der Waals surface area contributed by atoms with Crippen LogP contribution >= 0.6 is 0 Å². The van der Waals surface area contributed by atoms with E-state index in [0.717, 1.165) is 0 Å². The van der Waals surface area contributed by atoms with Gasteiger partial charge in [-0.3, -0.25) is 4.79 Å². The van der Waals surface area contributed by atoms with E-state index in [-0.39, 0.29) is 0 Å². The highest BCUT2D eigenvalue weighted by Gasteiger charge is 2.20. The Labute approximate surface area is 65.5 Å². The van der Waals surface area contributed by atoms with Crippen molar-refractivity contribution in [3.8, 4) is 0 Å². The largest absolute Gasteiger partial charge is 0.468 e. The van der Waals surface area contributed by atoms with Crippen molar-refractivity contribution in [2.75, 3.05) is 13.7 Å². The van der Waals surface area contributed by atoms with E-state index in [1.165, 1.54) is 13.9 Å². The van der Waals surface area contributed by atoms with Gasteiger partial charge in [-0.2, -0.15) is 0 Å². The van der Waals surface area contributed by atoms with Crippen molar-refractivity contribution in [1.29, 1.82) is 0 Å². The van der Waals surface area contributed by atoms with Crippen LogP contribution in [0, 0.1) is 0 Å². The number of carbonyl (C=O) groups excluding carboxylic acids is 1. The molecule has 0 aliphatic carbocycles. The molecule has 0 aliphatic rings. The molecular weight excluding hydrogens is 149 g/mol. The molecule has 0 heterocycles. The molecular formula is C5H12BNO4. The zero-order valence-corrected chi connectivity index (χ0v) is 6.57. The van der Waals surface area contributed by atoms with Gasteiger partial charge < -0.3 is 20.1 Å². The second-order valence-electron chi connectivity index (χ2n) is 2.10. The summed E-state index contributed by atoms with van der Waals surface area (Å²) >= 11 is 0. The molecule has 0 saturated heterocycles. The highest BCUT2D eigenvalue weighted by Crippen LogP contribution is 1.86. The minimum atomic E-state index is -0.847. The van der Waals surface area contributed by atoms with Crippen molar-refractivity contribution in [2.45, 2.75) is 12.9 Å². The van der Waals surface area contributed by atoms with Gasteiger partial charge in [0.15, 0.2) is 0 Å². The normalized spacial score (nSPS) is 12.4. The van der Waals surface area contributed by atoms with Crippen molar-refractivity contribution >= 4 is 13.0 Å². The van der Waals surface area contributed by atoms with Gasteiger partial charge in [0.05, 0.1) is 13.7 Å². The van der Waals surface area contributed by atoms with Crippen molar-refractivity contribution in [3.63, 3.8) is 0 Å². The van der Waals surface area contributed by atoms with Gasteiger partial charge in [0.25, 0.3) is 0 Å². The predicted octanol–water partition coefficient (Wildman–Crippen LogP) is -1.78. The van der Waals surface area contributed by atoms with Crippen molar-refractivity contribution < 1.29 is 19.7 Å². The summed E-state index contributed by atoms with van der Waals surface area (Å²) < 4.78 is 4.33. The lowest BCUT2D eigenvalue weighted by atomic mass is 9.87. The van der Waals surface area contributed by atoms with Gasteiger partial charge in [-0.15, -0.1) is 0 Å². The Morgan fingerprint density at radius 1 is 1.82 bits per heavy atom. The summed E-state index contributed by atoms with van der Waals surface area (Å²) in [7, 11) is 0.376. The predicted molar refractivity (Wildman–Crippen MR) is 39.9 cm³/mol. The molecule has 0 saturated carbocycles. The first-order valence-corrected chi connectivity index (χ1v) is 3.24. The molecule has 0 radical (unpaired) electrons. The van der Waals surface area contributed by atoms with E-state index < -0.39 is 25.7 Å². The van der Waals surface area contributed by atoms with E-state index in [0.29, 0.717) is 0 Å². The SMILES string of the molecule is COC(=O)C(CO)NB(C)O. The molecule has 0 amide bonds. The lowest BCUT2D eigenvalue weighted by Crippen LogP contribution is -2.47. The first-order chi connectivity index (χ1) is 5.11. The van der Waals surface area contributed by atoms with Crippen LogP contribution in [-0.4, -0.2) is 42.9 Å². The summed E-state index contributed by atoms with van der Waals surface area (Å²) in [5.74, 6) is -0.589. The van der Waals surface area contributed by atoms with Gasteiger partial charge in [-0.05, 0) is 6.82 Å². The Morgan fingerprint density at radius 2 is 2.36 bits per heavy atom. The Kier molecular flexibility index (Phi) is 4.84. The van der Waals surface area contributed by atoms with Crippen LogP contribution in [-0.2, 0) is 9.53 Å². The monoisotopic (exact) mass is 161 g/mol. The molecule has 0 bridgehead atoms. The maximum atomic E-state index is 10.7. The third-order valence-electron chi connectivity index (χ3n) is 1.11. The van der Waals surface area contributed by atoms with Crippen LogP contribution in [0.3, 0.4) is 0 Å². The van der Waals surface area contributed by atoms with Crippen LogP contribution < -0.4 is 5.23 Å². The maximum absolute atomic E-state index is 10.7. The first kappa shape index (κ1) is 10.4. The molecule has 0 aromatic rings. The van der Waals surface area contributed by atoms with E-state index in [1.807, 2.05) is 0 Å². The van der Waals surface area contributed by atoms with Crippen molar-refractivity contribution in [3.05, 3.63) is 0 Å². The Bertz CT molecular complexity index is 130. The summed E-state index contributed by atoms with van der Waals surface area (Å²) in [6.45, 7) is 1.06. The van der Waals surface area contributed by atoms with Gasteiger partial charge in [0, 0.05) is 0 Å². The number of carbonyl (C=O) groups is 1. The number of rotatable bonds is 4. The van der Waals surface area contributed by atoms with Gasteiger partial charge in [0.2, 0.25) is 0 Å². The van der Waals surface area contributed by atoms with E-state index in [1.54, 1.807) is 0 Å². The lowest BCUT2D eigenvalue weighted by Gasteiger charge is -2.13. The highest BCUT2D eigenvalue weighted by molar-refractivity contribution is 6.46. The summed E-state index contributed by atoms with van der Waals surface area (Å²) in [6.07, 6.45) is 0. The standard InChI is InChI=1S/C5H12BNO4/c1-6(10)7-4(3-8)5(9)11-2/h4,7-8,10H,3H2,1-2H3. The molecule has 5 nitrogen and oxygen atoms in total. The summed E-state index contributed by atoms with van der Waals surface area (Å²) in [5.41, 5.74) is 0. The Balaban J connectivity index is 3.84. The van der Waals surface area contributed by atoms with Crippen LogP contribution in [0.25, 0.3) is 0 Å². The first-order valence-electron chi connectivity index (χ1n) is 3.24. The molecule has 0 spiro atoms. The molecule has 64 valence electrons. The summed E-state index contributed by atoms with van der Waals surface area (Å²) in [6, 6.07) is -0.847. The quantitative estimate of drug-likeness (QED) is 0.335. The Hall–Kier alpha value is -0.585. The van der Waals surface area contributed by atoms with E-state index in [9.17, 15) is 4.79 Å². The molecule has 0 rings (SSSR count). The molecule has 0 fully saturated rings. The average Bonchev–Trinajstić information content (AvgIpc) is 1.98.